The van der Waals surface area contributed by atoms with Gasteiger partial charge in [0.1, 0.15) is 0 Å². The quantitative estimate of drug-likeness (QED) is 0.588. The van der Waals surface area contributed by atoms with Crippen molar-refractivity contribution in [2.24, 2.45) is 5.16 Å². The Morgan fingerprint density at radius 3 is 2.80 bits per heavy atom. The van der Waals surface area contributed by atoms with Crippen LogP contribution in [0.2, 0.25) is 0 Å². The molecule has 4 heteroatoms. The highest BCUT2D eigenvalue weighted by Crippen LogP contribution is 2.28. The normalized spacial score (nSPS) is 17.3. The van der Waals surface area contributed by atoms with Crippen LogP contribution in [0.5, 0.6) is 0 Å². The fourth-order valence-corrected chi connectivity index (χ4v) is 1.80. The standard InChI is InChI=1S/C11H12N2O2/c1-2-7-13-9-6-4-3-5-8(9)10(12-15)11(13)14/h3-6,15H,2,7H2,1H3. The summed E-state index contributed by atoms with van der Waals surface area (Å²) < 4.78 is 0. The average molecular weight is 204 g/mol. The molecule has 2 rings (SSSR count). The Bertz CT molecular complexity index is 426. The molecule has 1 amide bonds. The molecule has 0 bridgehead atoms. The van der Waals surface area contributed by atoms with E-state index in [9.17, 15) is 4.79 Å². The number of hydrogen-bond donors (Lipinski definition) is 1. The van der Waals surface area contributed by atoms with Crippen LogP contribution in [0.3, 0.4) is 0 Å². The van der Waals surface area contributed by atoms with Crippen LogP contribution in [0.25, 0.3) is 0 Å². The first-order valence-electron chi connectivity index (χ1n) is 4.93. The Morgan fingerprint density at radius 1 is 1.40 bits per heavy atom. The van der Waals surface area contributed by atoms with Gasteiger partial charge in [0.05, 0.1) is 5.69 Å². The van der Waals surface area contributed by atoms with E-state index in [1.54, 1.807) is 11.0 Å². The number of amides is 1. The van der Waals surface area contributed by atoms with Crippen LogP contribution in [-0.2, 0) is 4.79 Å². The third-order valence-corrected chi connectivity index (χ3v) is 2.44. The van der Waals surface area contributed by atoms with Crippen LogP contribution in [0.15, 0.2) is 29.4 Å². The summed E-state index contributed by atoms with van der Waals surface area (Å²) in [7, 11) is 0. The molecule has 4 nitrogen and oxygen atoms in total. The molecule has 0 atom stereocenters. The number of hydrogen-bond acceptors (Lipinski definition) is 3. The van der Waals surface area contributed by atoms with Gasteiger partial charge in [-0.1, -0.05) is 30.3 Å². The summed E-state index contributed by atoms with van der Waals surface area (Å²) >= 11 is 0. The number of rotatable bonds is 2. The minimum Gasteiger partial charge on any atom is -0.410 e. The fourth-order valence-electron chi connectivity index (χ4n) is 1.80. The van der Waals surface area contributed by atoms with Crippen molar-refractivity contribution in [3.8, 4) is 0 Å². The first-order chi connectivity index (χ1) is 7.29. The third kappa shape index (κ3) is 1.38. The maximum absolute atomic E-state index is 11.8. The van der Waals surface area contributed by atoms with Gasteiger partial charge >= 0.3 is 0 Å². The predicted molar refractivity (Wildman–Crippen MR) is 57.4 cm³/mol. The summed E-state index contributed by atoms with van der Waals surface area (Å²) in [5.41, 5.74) is 1.68. The molecule has 1 aliphatic heterocycles. The van der Waals surface area contributed by atoms with Crippen molar-refractivity contribution in [1.82, 2.24) is 0 Å². The molecule has 1 N–H and O–H groups in total. The van der Waals surface area contributed by atoms with E-state index in [1.807, 2.05) is 25.1 Å². The summed E-state index contributed by atoms with van der Waals surface area (Å²) in [5.74, 6) is -0.222. The van der Waals surface area contributed by atoms with E-state index in [-0.39, 0.29) is 11.6 Å². The van der Waals surface area contributed by atoms with Crippen molar-refractivity contribution >= 4 is 17.3 Å². The SMILES string of the molecule is CCCN1C(=O)C(=NO)c2ccccc21. The largest absolute Gasteiger partial charge is 0.410 e. The van der Waals surface area contributed by atoms with Crippen LogP contribution in [0.1, 0.15) is 18.9 Å². The maximum atomic E-state index is 11.8. The van der Waals surface area contributed by atoms with Gasteiger partial charge in [-0.05, 0) is 12.5 Å². The zero-order valence-electron chi connectivity index (χ0n) is 8.47. The van der Waals surface area contributed by atoms with Crippen LogP contribution in [-0.4, -0.2) is 23.4 Å². The lowest BCUT2D eigenvalue weighted by atomic mass is 10.1. The van der Waals surface area contributed by atoms with Gasteiger partial charge in [0.25, 0.3) is 5.91 Å². The van der Waals surface area contributed by atoms with E-state index in [4.69, 9.17) is 5.21 Å². The van der Waals surface area contributed by atoms with E-state index in [0.717, 1.165) is 12.1 Å². The first-order valence-corrected chi connectivity index (χ1v) is 4.93. The monoisotopic (exact) mass is 204 g/mol. The second-order valence-corrected chi connectivity index (χ2v) is 3.42. The van der Waals surface area contributed by atoms with Gasteiger partial charge in [0, 0.05) is 12.1 Å². The maximum Gasteiger partial charge on any atom is 0.281 e. The lowest BCUT2D eigenvalue weighted by Gasteiger charge is -2.14. The van der Waals surface area contributed by atoms with Gasteiger partial charge in [0.2, 0.25) is 0 Å². The molecule has 0 fully saturated rings. The number of benzene rings is 1. The van der Waals surface area contributed by atoms with E-state index < -0.39 is 0 Å². The lowest BCUT2D eigenvalue weighted by molar-refractivity contribution is -0.112. The number of fused-ring (bicyclic) bond motifs is 1. The Balaban J connectivity index is 2.51. The van der Waals surface area contributed by atoms with Crippen molar-refractivity contribution in [3.63, 3.8) is 0 Å². The Morgan fingerprint density at radius 2 is 2.13 bits per heavy atom. The minimum absolute atomic E-state index is 0.138. The van der Waals surface area contributed by atoms with Crippen molar-refractivity contribution in [2.75, 3.05) is 11.4 Å². The Labute approximate surface area is 87.8 Å². The molecular formula is C11H12N2O2. The molecule has 0 saturated carbocycles. The lowest BCUT2D eigenvalue weighted by Crippen LogP contribution is -2.30. The van der Waals surface area contributed by atoms with Crippen LogP contribution >= 0.6 is 0 Å². The number of oxime groups is 1. The van der Waals surface area contributed by atoms with Gasteiger partial charge in [-0.2, -0.15) is 0 Å². The molecule has 1 heterocycles. The second-order valence-electron chi connectivity index (χ2n) is 3.42. The smallest absolute Gasteiger partial charge is 0.281 e. The van der Waals surface area contributed by atoms with Gasteiger partial charge in [0.15, 0.2) is 5.71 Å². The fraction of sp³-hybridized carbons (Fsp3) is 0.273. The Kier molecular flexibility index (Phi) is 2.41. The molecule has 0 unspecified atom stereocenters. The number of anilines is 1. The number of carbonyl (C=O) groups excluding carboxylic acids is 1. The average Bonchev–Trinajstić information content (AvgIpc) is 2.53. The third-order valence-electron chi connectivity index (χ3n) is 2.44. The van der Waals surface area contributed by atoms with E-state index in [2.05, 4.69) is 5.16 Å². The Hall–Kier alpha value is -1.84. The molecule has 0 radical (unpaired) electrons. The minimum atomic E-state index is -0.222. The van der Waals surface area contributed by atoms with Crippen molar-refractivity contribution in [1.29, 1.82) is 0 Å². The molecule has 0 aliphatic carbocycles. The summed E-state index contributed by atoms with van der Waals surface area (Å²) in [6.45, 7) is 2.65. The van der Waals surface area contributed by atoms with Crippen LogP contribution < -0.4 is 4.90 Å². The van der Waals surface area contributed by atoms with Crippen molar-refractivity contribution < 1.29 is 10.0 Å². The van der Waals surface area contributed by atoms with E-state index in [1.165, 1.54) is 0 Å². The molecule has 1 aromatic rings. The first kappa shape index (κ1) is 9.71. The molecule has 78 valence electrons. The number of carbonyl (C=O) groups is 1. The molecule has 0 spiro atoms. The number of para-hydroxylation sites is 1. The molecular weight excluding hydrogens is 192 g/mol. The van der Waals surface area contributed by atoms with Gasteiger partial charge in [-0.3, -0.25) is 4.79 Å². The molecule has 1 aliphatic rings. The highest BCUT2D eigenvalue weighted by Gasteiger charge is 2.33. The molecule has 15 heavy (non-hydrogen) atoms. The summed E-state index contributed by atoms with van der Waals surface area (Å²) in [6.07, 6.45) is 0.874. The summed E-state index contributed by atoms with van der Waals surface area (Å²) in [4.78, 5) is 13.5. The van der Waals surface area contributed by atoms with E-state index >= 15 is 0 Å². The van der Waals surface area contributed by atoms with Gasteiger partial charge < -0.3 is 10.1 Å². The van der Waals surface area contributed by atoms with Gasteiger partial charge in [-0.15, -0.1) is 0 Å². The highest BCUT2D eigenvalue weighted by atomic mass is 16.4. The van der Waals surface area contributed by atoms with Crippen molar-refractivity contribution in [3.05, 3.63) is 29.8 Å². The predicted octanol–water partition coefficient (Wildman–Crippen LogP) is 1.62. The second kappa shape index (κ2) is 3.73. The van der Waals surface area contributed by atoms with Crippen LogP contribution in [0, 0.1) is 0 Å². The topological polar surface area (TPSA) is 52.9 Å². The van der Waals surface area contributed by atoms with Gasteiger partial charge in [-0.25, -0.2) is 0 Å². The molecule has 0 saturated heterocycles. The van der Waals surface area contributed by atoms with E-state index in [0.29, 0.717) is 12.1 Å². The summed E-state index contributed by atoms with van der Waals surface area (Å²) in [5, 5.41) is 11.9. The zero-order chi connectivity index (χ0) is 10.8. The van der Waals surface area contributed by atoms with Crippen molar-refractivity contribution in [2.45, 2.75) is 13.3 Å². The zero-order valence-corrected chi connectivity index (χ0v) is 8.47. The number of nitrogens with zero attached hydrogens (tertiary/aromatic N) is 2. The summed E-state index contributed by atoms with van der Waals surface area (Å²) in [6, 6.07) is 7.35. The molecule has 0 aromatic heterocycles. The van der Waals surface area contributed by atoms with Crippen LogP contribution in [0.4, 0.5) is 5.69 Å². The molecule has 1 aromatic carbocycles. The highest BCUT2D eigenvalue weighted by molar-refractivity contribution is 6.54.